The van der Waals surface area contributed by atoms with Gasteiger partial charge in [0.05, 0.1) is 5.69 Å². The van der Waals surface area contributed by atoms with Crippen LogP contribution >= 0.6 is 11.6 Å². The van der Waals surface area contributed by atoms with Gasteiger partial charge < -0.3 is 10.1 Å². The number of hydrogen-bond donors (Lipinski definition) is 1. The van der Waals surface area contributed by atoms with Crippen molar-refractivity contribution in [1.29, 1.82) is 0 Å². The lowest BCUT2D eigenvalue weighted by Crippen LogP contribution is -2.26. The van der Waals surface area contributed by atoms with Crippen LogP contribution in [0.25, 0.3) is 0 Å². The molecule has 9 heteroatoms. The average Bonchev–Trinajstić information content (AvgIpc) is 2.58. The highest BCUT2D eigenvalue weighted by Crippen LogP contribution is 2.19. The fourth-order valence-electron chi connectivity index (χ4n) is 1.91. The number of carbonyl (C=O) groups is 2. The van der Waals surface area contributed by atoms with Crippen molar-refractivity contribution in [3.63, 3.8) is 0 Å². The summed E-state index contributed by atoms with van der Waals surface area (Å²) in [6.07, 6.45) is 0.666. The molecule has 0 bridgehead atoms. The fourth-order valence-corrected chi connectivity index (χ4v) is 2.09. The van der Waals surface area contributed by atoms with Crippen LogP contribution in [0.4, 0.5) is 10.1 Å². The molecule has 0 saturated heterocycles. The Kier molecular flexibility index (Phi) is 6.24. The second kappa shape index (κ2) is 8.39. The number of halogens is 2. The van der Waals surface area contributed by atoms with Gasteiger partial charge >= 0.3 is 5.97 Å². The minimum atomic E-state index is -0.869. The number of nitrogens with one attached hydrogen (secondary N) is 1. The van der Waals surface area contributed by atoms with Crippen LogP contribution in [0, 0.1) is 5.82 Å². The third-order valence-electron chi connectivity index (χ3n) is 3.05. The van der Waals surface area contributed by atoms with E-state index in [-0.39, 0.29) is 22.0 Å². The second-order valence-electron chi connectivity index (χ2n) is 5.03. The molecule has 0 radical (unpaired) electrons. The van der Waals surface area contributed by atoms with Gasteiger partial charge in [-0.1, -0.05) is 18.5 Å². The molecule has 7 nitrogen and oxygen atoms in total. The predicted octanol–water partition coefficient (Wildman–Crippen LogP) is 2.24. The summed E-state index contributed by atoms with van der Waals surface area (Å²) in [5.41, 5.74) is -0.564. The van der Waals surface area contributed by atoms with E-state index in [0.717, 1.165) is 10.7 Å². The summed E-state index contributed by atoms with van der Waals surface area (Å²) < 4.78 is 19.5. The van der Waals surface area contributed by atoms with E-state index in [9.17, 15) is 18.8 Å². The highest BCUT2D eigenvalue weighted by Gasteiger charge is 2.14. The number of esters is 1. The molecule has 2 rings (SSSR count). The molecule has 1 aromatic heterocycles. The minimum absolute atomic E-state index is 0.102. The summed E-state index contributed by atoms with van der Waals surface area (Å²) in [6, 6.07) is 6.08. The molecule has 0 atom stereocenters. The number of ether oxygens (including phenoxy) is 1. The summed E-state index contributed by atoms with van der Waals surface area (Å²) >= 11 is 5.72. The van der Waals surface area contributed by atoms with Crippen LogP contribution in [-0.4, -0.2) is 28.3 Å². The van der Waals surface area contributed by atoms with E-state index in [1.165, 1.54) is 24.3 Å². The van der Waals surface area contributed by atoms with Crippen LogP contribution in [0.1, 0.15) is 23.8 Å². The first-order valence-electron chi connectivity index (χ1n) is 7.41. The molecule has 1 N–H and O–H groups in total. The molecule has 1 aromatic carbocycles. The van der Waals surface area contributed by atoms with Gasteiger partial charge in [-0.2, -0.15) is 5.10 Å². The molecule has 0 fully saturated rings. The number of aryl methyl sites for hydroxylation is 1. The van der Waals surface area contributed by atoms with Crippen molar-refractivity contribution >= 4 is 29.2 Å². The Bertz CT molecular complexity index is 854. The van der Waals surface area contributed by atoms with Gasteiger partial charge in [-0.05, 0) is 30.7 Å². The molecule has 132 valence electrons. The quantitative estimate of drug-likeness (QED) is 0.791. The third-order valence-corrected chi connectivity index (χ3v) is 3.28. The Balaban J connectivity index is 1.97. The van der Waals surface area contributed by atoms with Gasteiger partial charge in [-0.15, -0.1) is 0 Å². The Labute approximate surface area is 147 Å². The number of nitrogens with zero attached hydrogens (tertiary/aromatic N) is 2. The van der Waals surface area contributed by atoms with E-state index in [4.69, 9.17) is 16.3 Å². The SMILES string of the molecule is CCCn1nc(C(=O)OCC(=O)Nc2cc(Cl)ccc2F)ccc1=O. The van der Waals surface area contributed by atoms with Crippen LogP contribution in [0.3, 0.4) is 0 Å². The molecule has 1 heterocycles. The molecule has 25 heavy (non-hydrogen) atoms. The van der Waals surface area contributed by atoms with E-state index >= 15 is 0 Å². The van der Waals surface area contributed by atoms with Crippen molar-refractivity contribution in [2.75, 3.05) is 11.9 Å². The Morgan fingerprint density at radius 2 is 2.08 bits per heavy atom. The first kappa shape index (κ1) is 18.6. The van der Waals surface area contributed by atoms with Crippen molar-refractivity contribution in [1.82, 2.24) is 9.78 Å². The topological polar surface area (TPSA) is 90.3 Å². The van der Waals surface area contributed by atoms with Gasteiger partial charge in [0.2, 0.25) is 0 Å². The Morgan fingerprint density at radius 1 is 1.32 bits per heavy atom. The van der Waals surface area contributed by atoms with Crippen LogP contribution in [0.2, 0.25) is 5.02 Å². The summed E-state index contributed by atoms with van der Waals surface area (Å²) in [5, 5.41) is 6.36. The van der Waals surface area contributed by atoms with E-state index in [0.29, 0.717) is 13.0 Å². The van der Waals surface area contributed by atoms with Crippen molar-refractivity contribution in [2.24, 2.45) is 0 Å². The zero-order valence-corrected chi connectivity index (χ0v) is 14.0. The smallest absolute Gasteiger partial charge is 0.359 e. The molecule has 1 amide bonds. The molecule has 0 saturated carbocycles. The number of carbonyl (C=O) groups excluding carboxylic acids is 2. The number of anilines is 1. The molecule has 0 spiro atoms. The number of aromatic nitrogens is 2. The lowest BCUT2D eigenvalue weighted by atomic mass is 10.3. The van der Waals surface area contributed by atoms with E-state index in [1.54, 1.807) is 0 Å². The number of amides is 1. The van der Waals surface area contributed by atoms with E-state index < -0.39 is 24.3 Å². The molecule has 0 aliphatic carbocycles. The normalized spacial score (nSPS) is 10.4. The first-order chi connectivity index (χ1) is 11.9. The third kappa shape index (κ3) is 5.12. The van der Waals surface area contributed by atoms with Gasteiger partial charge in [0.1, 0.15) is 5.82 Å². The summed E-state index contributed by atoms with van der Waals surface area (Å²) in [5.74, 6) is -2.28. The van der Waals surface area contributed by atoms with Crippen LogP contribution in [0.5, 0.6) is 0 Å². The maximum absolute atomic E-state index is 13.5. The maximum atomic E-state index is 13.5. The number of hydrogen-bond acceptors (Lipinski definition) is 5. The molecule has 2 aromatic rings. The molecular formula is C16H15ClFN3O4. The fraction of sp³-hybridized carbons (Fsp3) is 0.250. The lowest BCUT2D eigenvalue weighted by Gasteiger charge is -2.08. The highest BCUT2D eigenvalue weighted by molar-refractivity contribution is 6.30. The molecular weight excluding hydrogens is 353 g/mol. The van der Waals surface area contributed by atoms with Crippen molar-refractivity contribution in [3.05, 3.63) is 57.2 Å². The minimum Gasteiger partial charge on any atom is -0.451 e. The molecule has 0 aliphatic heterocycles. The second-order valence-corrected chi connectivity index (χ2v) is 5.46. The van der Waals surface area contributed by atoms with Crippen molar-refractivity contribution in [2.45, 2.75) is 19.9 Å². The lowest BCUT2D eigenvalue weighted by molar-refractivity contribution is -0.119. The maximum Gasteiger partial charge on any atom is 0.359 e. The van der Waals surface area contributed by atoms with Gasteiger partial charge in [-0.25, -0.2) is 13.9 Å². The van der Waals surface area contributed by atoms with Crippen LogP contribution in [-0.2, 0) is 16.1 Å². The zero-order valence-electron chi connectivity index (χ0n) is 13.3. The summed E-state index contributed by atoms with van der Waals surface area (Å²) in [6.45, 7) is 1.58. The predicted molar refractivity (Wildman–Crippen MR) is 89.1 cm³/mol. The van der Waals surface area contributed by atoms with E-state index in [2.05, 4.69) is 10.4 Å². The average molecular weight is 368 g/mol. The van der Waals surface area contributed by atoms with Crippen LogP contribution < -0.4 is 10.9 Å². The van der Waals surface area contributed by atoms with Crippen molar-refractivity contribution in [3.8, 4) is 0 Å². The standard InChI is InChI=1S/C16H15ClFN3O4/c1-2-7-21-15(23)6-5-12(20-21)16(24)25-9-14(22)19-13-8-10(17)3-4-11(13)18/h3-6,8H,2,7,9H2,1H3,(H,19,22). The summed E-state index contributed by atoms with van der Waals surface area (Å²) in [7, 11) is 0. The number of benzene rings is 1. The van der Waals surface area contributed by atoms with Gasteiger partial charge in [0.15, 0.2) is 12.3 Å². The Morgan fingerprint density at radius 3 is 2.80 bits per heavy atom. The largest absolute Gasteiger partial charge is 0.451 e. The van der Waals surface area contributed by atoms with E-state index in [1.807, 2.05) is 6.92 Å². The number of rotatable bonds is 6. The monoisotopic (exact) mass is 367 g/mol. The molecule has 0 aliphatic rings. The Hall–Kier alpha value is -2.74. The van der Waals surface area contributed by atoms with Gasteiger partial charge in [0, 0.05) is 17.6 Å². The van der Waals surface area contributed by atoms with Crippen molar-refractivity contribution < 1.29 is 18.7 Å². The zero-order chi connectivity index (χ0) is 18.4. The van der Waals surface area contributed by atoms with Gasteiger partial charge in [-0.3, -0.25) is 9.59 Å². The van der Waals surface area contributed by atoms with Gasteiger partial charge in [0.25, 0.3) is 11.5 Å². The summed E-state index contributed by atoms with van der Waals surface area (Å²) in [4.78, 5) is 35.2. The highest BCUT2D eigenvalue weighted by atomic mass is 35.5. The van der Waals surface area contributed by atoms with Crippen LogP contribution in [0.15, 0.2) is 35.1 Å². The molecule has 0 unspecified atom stereocenters. The first-order valence-corrected chi connectivity index (χ1v) is 7.78.